The van der Waals surface area contributed by atoms with Crippen molar-refractivity contribution in [2.45, 2.75) is 13.0 Å². The van der Waals surface area contributed by atoms with Gasteiger partial charge in [-0.05, 0) is 19.1 Å². The van der Waals surface area contributed by atoms with Crippen LogP contribution in [0.4, 0.5) is 5.82 Å². The summed E-state index contributed by atoms with van der Waals surface area (Å²) in [7, 11) is 0. The van der Waals surface area contributed by atoms with Crippen molar-refractivity contribution in [3.63, 3.8) is 0 Å². The van der Waals surface area contributed by atoms with Crippen LogP contribution in [0, 0.1) is 11.3 Å². The minimum absolute atomic E-state index is 0.0198. The van der Waals surface area contributed by atoms with Gasteiger partial charge in [0, 0.05) is 13.1 Å². The molecule has 0 radical (unpaired) electrons. The second-order valence-electron chi connectivity index (χ2n) is 4.48. The standard InChI is InChI=1S/C13H15ClN4O2/c1-9(13(19)18-2-4-20-5-3-18)16-12-7-10(8-15)6-11(14)17-12/h6-7,9H,2-5H2,1H3,(H,16,17). The van der Waals surface area contributed by atoms with Gasteiger partial charge in [0.2, 0.25) is 5.91 Å². The number of pyridine rings is 1. The van der Waals surface area contributed by atoms with Gasteiger partial charge in [-0.15, -0.1) is 0 Å². The lowest BCUT2D eigenvalue weighted by atomic mass is 10.2. The minimum Gasteiger partial charge on any atom is -0.378 e. The molecule has 1 amide bonds. The predicted molar refractivity (Wildman–Crippen MR) is 74.4 cm³/mol. The lowest BCUT2D eigenvalue weighted by Gasteiger charge is -2.29. The minimum atomic E-state index is -0.439. The third-order valence-corrected chi connectivity index (χ3v) is 3.17. The van der Waals surface area contributed by atoms with Crippen LogP contribution in [0.25, 0.3) is 0 Å². The zero-order valence-electron chi connectivity index (χ0n) is 11.1. The van der Waals surface area contributed by atoms with Gasteiger partial charge < -0.3 is 15.0 Å². The van der Waals surface area contributed by atoms with Gasteiger partial charge in [0.05, 0.1) is 24.8 Å². The molecule has 1 fully saturated rings. The third kappa shape index (κ3) is 3.59. The molecular formula is C13H15ClN4O2. The molecule has 2 heterocycles. The first kappa shape index (κ1) is 14.6. The van der Waals surface area contributed by atoms with E-state index in [4.69, 9.17) is 21.6 Å². The van der Waals surface area contributed by atoms with Crippen molar-refractivity contribution in [3.05, 3.63) is 22.8 Å². The molecule has 6 nitrogen and oxygen atoms in total. The van der Waals surface area contributed by atoms with Crippen molar-refractivity contribution in [1.29, 1.82) is 5.26 Å². The van der Waals surface area contributed by atoms with Crippen LogP contribution in [0.15, 0.2) is 12.1 Å². The lowest BCUT2D eigenvalue weighted by Crippen LogP contribution is -2.47. The molecular weight excluding hydrogens is 280 g/mol. The second-order valence-corrected chi connectivity index (χ2v) is 4.87. The van der Waals surface area contributed by atoms with Crippen molar-refractivity contribution >= 4 is 23.3 Å². The smallest absolute Gasteiger partial charge is 0.244 e. The number of hydrogen-bond donors (Lipinski definition) is 1. The molecule has 0 bridgehead atoms. The number of ether oxygens (including phenoxy) is 1. The SMILES string of the molecule is CC(Nc1cc(C#N)cc(Cl)n1)C(=O)N1CCOCC1. The first-order chi connectivity index (χ1) is 9.60. The number of hydrogen-bond acceptors (Lipinski definition) is 5. The summed E-state index contributed by atoms with van der Waals surface area (Å²) < 4.78 is 5.21. The molecule has 1 aromatic heterocycles. The van der Waals surface area contributed by atoms with Crippen molar-refractivity contribution in [3.8, 4) is 6.07 Å². The summed E-state index contributed by atoms with van der Waals surface area (Å²) >= 11 is 5.83. The van der Waals surface area contributed by atoms with Gasteiger partial charge in [-0.25, -0.2) is 4.98 Å². The summed E-state index contributed by atoms with van der Waals surface area (Å²) in [5, 5.41) is 12.1. The maximum absolute atomic E-state index is 12.2. The van der Waals surface area contributed by atoms with Crippen LogP contribution in [-0.2, 0) is 9.53 Å². The average Bonchev–Trinajstić information content (AvgIpc) is 2.46. The zero-order valence-corrected chi connectivity index (χ0v) is 11.9. The van der Waals surface area contributed by atoms with Crippen LogP contribution in [-0.4, -0.2) is 48.1 Å². The first-order valence-electron chi connectivity index (χ1n) is 6.31. The number of anilines is 1. The summed E-state index contributed by atoms with van der Waals surface area (Å²) in [6.45, 7) is 4.07. The Balaban J connectivity index is 2.03. The van der Waals surface area contributed by atoms with Gasteiger partial charge in [-0.1, -0.05) is 11.6 Å². The Labute approximate surface area is 122 Å². The van der Waals surface area contributed by atoms with E-state index in [9.17, 15) is 4.79 Å². The highest BCUT2D eigenvalue weighted by Crippen LogP contribution is 2.15. The van der Waals surface area contributed by atoms with E-state index in [1.54, 1.807) is 17.9 Å². The van der Waals surface area contributed by atoms with Gasteiger partial charge >= 0.3 is 0 Å². The molecule has 1 saturated heterocycles. The molecule has 106 valence electrons. The fourth-order valence-electron chi connectivity index (χ4n) is 1.98. The molecule has 1 N–H and O–H groups in total. The highest BCUT2D eigenvalue weighted by molar-refractivity contribution is 6.29. The van der Waals surface area contributed by atoms with E-state index in [1.165, 1.54) is 6.07 Å². The Morgan fingerprint density at radius 2 is 2.25 bits per heavy atom. The van der Waals surface area contributed by atoms with E-state index in [1.807, 2.05) is 6.07 Å². The summed E-state index contributed by atoms with van der Waals surface area (Å²) in [5.41, 5.74) is 0.401. The van der Waals surface area contributed by atoms with Gasteiger partial charge in [-0.3, -0.25) is 4.79 Å². The molecule has 20 heavy (non-hydrogen) atoms. The number of carbonyl (C=O) groups is 1. The normalized spacial score (nSPS) is 16.4. The quantitative estimate of drug-likeness (QED) is 0.849. The fourth-order valence-corrected chi connectivity index (χ4v) is 2.19. The van der Waals surface area contributed by atoms with E-state index in [0.29, 0.717) is 37.7 Å². The molecule has 2 rings (SSSR count). The van der Waals surface area contributed by atoms with Crippen LogP contribution in [0.5, 0.6) is 0 Å². The summed E-state index contributed by atoms with van der Waals surface area (Å²) in [6.07, 6.45) is 0. The Morgan fingerprint density at radius 3 is 2.90 bits per heavy atom. The number of carbonyl (C=O) groups excluding carboxylic acids is 1. The van der Waals surface area contributed by atoms with Crippen molar-refractivity contribution in [1.82, 2.24) is 9.88 Å². The molecule has 1 aliphatic heterocycles. The lowest BCUT2D eigenvalue weighted by molar-refractivity contribution is -0.135. The number of amides is 1. The molecule has 0 saturated carbocycles. The Bertz CT molecular complexity index is 538. The number of aromatic nitrogens is 1. The van der Waals surface area contributed by atoms with Crippen LogP contribution in [0.3, 0.4) is 0 Å². The Morgan fingerprint density at radius 1 is 1.55 bits per heavy atom. The molecule has 0 spiro atoms. The largest absolute Gasteiger partial charge is 0.378 e. The number of halogens is 1. The number of nitrogens with one attached hydrogen (secondary N) is 1. The molecule has 7 heteroatoms. The van der Waals surface area contributed by atoms with Gasteiger partial charge in [0.1, 0.15) is 17.0 Å². The number of morpholine rings is 1. The fraction of sp³-hybridized carbons (Fsp3) is 0.462. The first-order valence-corrected chi connectivity index (χ1v) is 6.68. The molecule has 0 aliphatic carbocycles. The van der Waals surface area contributed by atoms with Crippen molar-refractivity contribution in [2.75, 3.05) is 31.6 Å². The molecule has 1 aromatic rings. The molecule has 1 aliphatic rings. The Kier molecular flexibility index (Phi) is 4.77. The Hall–Kier alpha value is -1.84. The van der Waals surface area contributed by atoms with Crippen LogP contribution < -0.4 is 5.32 Å². The van der Waals surface area contributed by atoms with Gasteiger partial charge in [0.25, 0.3) is 0 Å². The van der Waals surface area contributed by atoms with Crippen LogP contribution >= 0.6 is 11.6 Å². The molecule has 0 aromatic carbocycles. The van der Waals surface area contributed by atoms with E-state index >= 15 is 0 Å². The maximum Gasteiger partial charge on any atom is 0.244 e. The van der Waals surface area contributed by atoms with E-state index in [2.05, 4.69) is 10.3 Å². The topological polar surface area (TPSA) is 78.2 Å². The van der Waals surface area contributed by atoms with Crippen LogP contribution in [0.2, 0.25) is 5.15 Å². The number of nitrogens with zero attached hydrogens (tertiary/aromatic N) is 3. The number of nitriles is 1. The predicted octanol–water partition coefficient (Wildman–Crippen LogP) is 1.27. The summed E-state index contributed by atoms with van der Waals surface area (Å²) in [6, 6.07) is 4.60. The maximum atomic E-state index is 12.2. The van der Waals surface area contributed by atoms with Crippen molar-refractivity contribution in [2.24, 2.45) is 0 Å². The summed E-state index contributed by atoms with van der Waals surface area (Å²) in [5.74, 6) is 0.400. The van der Waals surface area contributed by atoms with E-state index < -0.39 is 6.04 Å². The monoisotopic (exact) mass is 294 g/mol. The highest BCUT2D eigenvalue weighted by Gasteiger charge is 2.22. The summed E-state index contributed by atoms with van der Waals surface area (Å²) in [4.78, 5) is 18.0. The third-order valence-electron chi connectivity index (χ3n) is 2.98. The van der Waals surface area contributed by atoms with E-state index in [-0.39, 0.29) is 11.1 Å². The zero-order chi connectivity index (χ0) is 14.5. The second kappa shape index (κ2) is 6.55. The molecule has 1 atom stereocenters. The molecule has 1 unspecified atom stereocenters. The average molecular weight is 295 g/mol. The van der Waals surface area contributed by atoms with Gasteiger partial charge in [0.15, 0.2) is 0 Å². The van der Waals surface area contributed by atoms with Crippen molar-refractivity contribution < 1.29 is 9.53 Å². The van der Waals surface area contributed by atoms with Gasteiger partial charge in [-0.2, -0.15) is 5.26 Å². The number of rotatable bonds is 3. The highest BCUT2D eigenvalue weighted by atomic mass is 35.5. The van der Waals surface area contributed by atoms with E-state index in [0.717, 1.165) is 0 Å². The van der Waals surface area contributed by atoms with Crippen LogP contribution in [0.1, 0.15) is 12.5 Å².